The molecule has 0 aliphatic heterocycles. The summed E-state index contributed by atoms with van der Waals surface area (Å²) in [5.74, 6) is 0.680. The molecule has 0 spiro atoms. The fraction of sp³-hybridized carbons (Fsp3) is 0.296. The molecule has 0 heterocycles. The van der Waals surface area contributed by atoms with Gasteiger partial charge < -0.3 is 19.9 Å². The number of hydrogen-bond donors (Lipinski definition) is 2. The predicted octanol–water partition coefficient (Wildman–Crippen LogP) is 6.43. The number of ether oxygens (including phenoxy) is 2. The highest BCUT2D eigenvalue weighted by Crippen LogP contribution is 2.50. The van der Waals surface area contributed by atoms with Gasteiger partial charge in [0.25, 0.3) is 5.60 Å². The van der Waals surface area contributed by atoms with Crippen molar-refractivity contribution in [2.75, 3.05) is 19.5 Å². The zero-order chi connectivity index (χ0) is 28.3. The molecule has 0 saturated heterocycles. The molecule has 11 heteroatoms. The third kappa shape index (κ3) is 5.72. The van der Waals surface area contributed by atoms with Crippen molar-refractivity contribution < 1.29 is 45.7 Å². The molecule has 0 aliphatic rings. The third-order valence-electron chi connectivity index (χ3n) is 6.02. The van der Waals surface area contributed by atoms with Crippen molar-refractivity contribution >= 4 is 11.6 Å². The minimum atomic E-state index is -5.96. The van der Waals surface area contributed by atoms with Gasteiger partial charge in [0, 0.05) is 11.3 Å². The van der Waals surface area contributed by atoms with Gasteiger partial charge in [-0.15, -0.1) is 0 Å². The first-order valence-corrected chi connectivity index (χ1v) is 11.4. The van der Waals surface area contributed by atoms with Gasteiger partial charge in [0.05, 0.1) is 20.6 Å². The van der Waals surface area contributed by atoms with Crippen LogP contribution >= 0.6 is 0 Å². The number of aryl methyl sites for hydroxylation is 1. The maximum atomic E-state index is 13.3. The molecule has 0 unspecified atom stereocenters. The molecule has 2 N–H and O–H groups in total. The van der Waals surface area contributed by atoms with E-state index in [2.05, 4.69) is 5.32 Å². The van der Waals surface area contributed by atoms with E-state index in [0.717, 1.165) is 12.1 Å². The minimum absolute atomic E-state index is 0.0465. The van der Waals surface area contributed by atoms with Crippen molar-refractivity contribution in [3.8, 4) is 22.6 Å². The number of halogens is 6. The number of amides is 1. The van der Waals surface area contributed by atoms with Crippen LogP contribution in [0.2, 0.25) is 0 Å². The Morgan fingerprint density at radius 2 is 1.45 bits per heavy atom. The monoisotopic (exact) mass is 541 g/mol. The lowest BCUT2D eigenvalue weighted by Gasteiger charge is -2.33. The second-order valence-electron chi connectivity index (χ2n) is 8.42. The molecule has 0 radical (unpaired) electrons. The van der Waals surface area contributed by atoms with E-state index in [9.17, 15) is 36.2 Å². The molecule has 0 saturated carbocycles. The van der Waals surface area contributed by atoms with Gasteiger partial charge in [-0.3, -0.25) is 4.79 Å². The largest absolute Gasteiger partial charge is 0.493 e. The van der Waals surface area contributed by atoms with Gasteiger partial charge in [-0.1, -0.05) is 43.3 Å². The number of aliphatic hydroxyl groups is 1. The summed E-state index contributed by atoms with van der Waals surface area (Å²) in [6.07, 6.45) is -11.8. The number of carbonyl (C=O) groups excluding carboxylic acids is 1. The number of methoxy groups -OCH3 is 2. The summed E-state index contributed by atoms with van der Waals surface area (Å²) in [6.45, 7) is 1.57. The van der Waals surface area contributed by atoms with Gasteiger partial charge in [-0.05, 0) is 52.9 Å². The Kier molecular flexibility index (Phi) is 8.30. The molecule has 5 nitrogen and oxygen atoms in total. The molecular formula is C27H25F6NO4. The van der Waals surface area contributed by atoms with E-state index >= 15 is 0 Å². The maximum absolute atomic E-state index is 13.3. The smallest absolute Gasteiger partial charge is 0.430 e. The second kappa shape index (κ2) is 10.9. The number of carbonyl (C=O) groups is 1. The highest BCUT2D eigenvalue weighted by Gasteiger charge is 2.71. The fourth-order valence-corrected chi connectivity index (χ4v) is 4.00. The molecule has 0 bridgehead atoms. The van der Waals surface area contributed by atoms with E-state index in [-0.39, 0.29) is 24.3 Å². The highest BCUT2D eigenvalue weighted by atomic mass is 19.4. The van der Waals surface area contributed by atoms with Crippen LogP contribution < -0.4 is 14.8 Å². The molecule has 204 valence electrons. The van der Waals surface area contributed by atoms with Crippen molar-refractivity contribution in [1.29, 1.82) is 0 Å². The van der Waals surface area contributed by atoms with Gasteiger partial charge in [0.15, 0.2) is 11.5 Å². The van der Waals surface area contributed by atoms with Gasteiger partial charge >= 0.3 is 12.4 Å². The molecule has 0 fully saturated rings. The summed E-state index contributed by atoms with van der Waals surface area (Å²) in [5.41, 5.74) is -4.10. The number of anilines is 1. The molecule has 0 aliphatic carbocycles. The van der Waals surface area contributed by atoms with Crippen LogP contribution in [-0.4, -0.2) is 37.6 Å². The van der Waals surface area contributed by atoms with Gasteiger partial charge in [-0.2, -0.15) is 26.3 Å². The first kappa shape index (κ1) is 28.8. The standard InChI is InChI=1S/C27H25F6NO4/c1-4-17-15-19(25(36,26(28,29)30)27(31,32)33)8-11-21(17)18-6-9-20(10-7-18)34-24(35)14-16-5-12-22(37-2)23(13-16)38-3/h5-13,15,36H,4,14H2,1-3H3,(H,34,35). The highest BCUT2D eigenvalue weighted by molar-refractivity contribution is 5.92. The summed E-state index contributed by atoms with van der Waals surface area (Å²) in [6, 6.07) is 13.8. The molecule has 3 rings (SSSR count). The molecule has 3 aromatic rings. The molecule has 3 aromatic carbocycles. The van der Waals surface area contributed by atoms with Crippen LogP contribution in [0.15, 0.2) is 60.7 Å². The van der Waals surface area contributed by atoms with Crippen LogP contribution in [0.4, 0.5) is 32.0 Å². The minimum Gasteiger partial charge on any atom is -0.493 e. The topological polar surface area (TPSA) is 67.8 Å². The number of rotatable bonds is 8. The van der Waals surface area contributed by atoms with Crippen molar-refractivity contribution in [2.45, 2.75) is 37.7 Å². The number of alkyl halides is 6. The van der Waals surface area contributed by atoms with Gasteiger partial charge in [0.1, 0.15) is 0 Å². The maximum Gasteiger partial charge on any atom is 0.430 e. The molecule has 1 amide bonds. The Morgan fingerprint density at radius 1 is 0.842 bits per heavy atom. The zero-order valence-corrected chi connectivity index (χ0v) is 20.6. The predicted molar refractivity (Wildman–Crippen MR) is 129 cm³/mol. The Labute approximate surface area is 215 Å². The van der Waals surface area contributed by atoms with Crippen LogP contribution in [0.3, 0.4) is 0 Å². The SMILES string of the molecule is CCc1cc(C(O)(C(F)(F)F)C(F)(F)F)ccc1-c1ccc(NC(=O)Cc2ccc(OC)c(OC)c2)cc1. The van der Waals surface area contributed by atoms with Crippen LogP contribution in [0.5, 0.6) is 11.5 Å². The van der Waals surface area contributed by atoms with E-state index in [1.165, 1.54) is 14.2 Å². The molecule has 0 atom stereocenters. The van der Waals surface area contributed by atoms with E-state index in [1.54, 1.807) is 49.4 Å². The Bertz CT molecular complexity index is 1270. The first-order valence-electron chi connectivity index (χ1n) is 11.4. The van der Waals surface area contributed by atoms with E-state index in [1.807, 2.05) is 0 Å². The van der Waals surface area contributed by atoms with Gasteiger partial charge in [-0.25, -0.2) is 0 Å². The summed E-state index contributed by atoms with van der Waals surface area (Å²) in [7, 11) is 2.98. The molecule has 0 aromatic heterocycles. The lowest BCUT2D eigenvalue weighted by atomic mass is 9.87. The Balaban J connectivity index is 1.81. The van der Waals surface area contributed by atoms with E-state index in [4.69, 9.17) is 9.47 Å². The van der Waals surface area contributed by atoms with Crippen molar-refractivity contribution in [3.05, 3.63) is 77.4 Å². The van der Waals surface area contributed by atoms with Crippen molar-refractivity contribution in [1.82, 2.24) is 0 Å². The first-order chi connectivity index (χ1) is 17.7. The summed E-state index contributed by atoms with van der Waals surface area (Å²) < 4.78 is 90.1. The molecule has 38 heavy (non-hydrogen) atoms. The lowest BCUT2D eigenvalue weighted by Crippen LogP contribution is -2.53. The summed E-state index contributed by atoms with van der Waals surface area (Å²) in [4.78, 5) is 12.5. The van der Waals surface area contributed by atoms with Crippen molar-refractivity contribution in [3.63, 3.8) is 0 Å². The average Bonchev–Trinajstić information content (AvgIpc) is 2.86. The third-order valence-corrected chi connectivity index (χ3v) is 6.02. The summed E-state index contributed by atoms with van der Waals surface area (Å²) in [5, 5.41) is 12.4. The van der Waals surface area contributed by atoms with Crippen LogP contribution in [-0.2, 0) is 23.2 Å². The van der Waals surface area contributed by atoms with Crippen LogP contribution in [0.1, 0.15) is 23.6 Å². The van der Waals surface area contributed by atoms with Crippen LogP contribution in [0, 0.1) is 0 Å². The van der Waals surface area contributed by atoms with Gasteiger partial charge in [0.2, 0.25) is 5.91 Å². The zero-order valence-electron chi connectivity index (χ0n) is 20.6. The number of benzene rings is 3. The van der Waals surface area contributed by atoms with Crippen molar-refractivity contribution in [2.24, 2.45) is 0 Å². The number of hydrogen-bond acceptors (Lipinski definition) is 4. The quantitative estimate of drug-likeness (QED) is 0.323. The molecular weight excluding hydrogens is 516 g/mol. The van der Waals surface area contributed by atoms with Crippen LogP contribution in [0.25, 0.3) is 11.1 Å². The van der Waals surface area contributed by atoms with E-state index in [0.29, 0.717) is 39.9 Å². The fourth-order valence-electron chi connectivity index (χ4n) is 4.00. The summed E-state index contributed by atoms with van der Waals surface area (Å²) >= 11 is 0. The normalized spacial score (nSPS) is 12.3. The Morgan fingerprint density at radius 3 is 1.97 bits per heavy atom. The Hall–Kier alpha value is -3.73. The number of nitrogens with one attached hydrogen (secondary N) is 1. The van der Waals surface area contributed by atoms with E-state index < -0.39 is 23.5 Å². The average molecular weight is 541 g/mol. The lowest BCUT2D eigenvalue weighted by molar-refractivity contribution is -0.376. The second-order valence-corrected chi connectivity index (χ2v) is 8.42.